The van der Waals surface area contributed by atoms with Gasteiger partial charge in [-0.05, 0) is 36.4 Å². The molecule has 0 atom stereocenters. The van der Waals surface area contributed by atoms with Crippen molar-refractivity contribution in [2.75, 3.05) is 12.1 Å². The summed E-state index contributed by atoms with van der Waals surface area (Å²) in [4.78, 5) is 39.7. The molecule has 1 aliphatic rings. The number of benzene rings is 2. The molecule has 0 radical (unpaired) electrons. The molecule has 0 unspecified atom stereocenters. The molecule has 0 aliphatic carbocycles. The lowest BCUT2D eigenvalue weighted by Gasteiger charge is -2.08. The van der Waals surface area contributed by atoms with E-state index in [9.17, 15) is 14.4 Å². The average molecular weight is 386 g/mol. The van der Waals surface area contributed by atoms with Crippen molar-refractivity contribution in [1.29, 1.82) is 0 Å². The number of fused-ring (bicyclic) bond motifs is 1. The third-order valence-corrected chi connectivity index (χ3v) is 4.19. The number of anilines is 1. The van der Waals surface area contributed by atoms with Crippen molar-refractivity contribution in [2.45, 2.75) is 0 Å². The number of carbonyl (C=O) groups excluding carboxylic acids is 1. The number of hydrogen-bond donors (Lipinski definition) is 2. The zero-order valence-electron chi connectivity index (χ0n) is 13.7. The highest BCUT2D eigenvalue weighted by Crippen LogP contribution is 2.34. The Bertz CT molecular complexity index is 1150. The van der Waals surface area contributed by atoms with Crippen molar-refractivity contribution in [2.24, 2.45) is 0 Å². The summed E-state index contributed by atoms with van der Waals surface area (Å²) in [7, 11) is 0. The van der Waals surface area contributed by atoms with Crippen molar-refractivity contribution in [3.63, 3.8) is 0 Å². The molecule has 2 N–H and O–H groups in total. The van der Waals surface area contributed by atoms with E-state index in [2.05, 4.69) is 10.3 Å². The zero-order valence-corrected chi connectivity index (χ0v) is 14.4. The van der Waals surface area contributed by atoms with E-state index in [0.29, 0.717) is 27.9 Å². The first-order valence-corrected chi connectivity index (χ1v) is 8.22. The minimum absolute atomic E-state index is 0.110. The van der Waals surface area contributed by atoms with Crippen molar-refractivity contribution >= 4 is 23.2 Å². The second-order valence-corrected chi connectivity index (χ2v) is 6.08. The number of aromatic nitrogens is 2. The van der Waals surface area contributed by atoms with Crippen LogP contribution in [0, 0.1) is 0 Å². The summed E-state index contributed by atoms with van der Waals surface area (Å²) in [6.07, 6.45) is 1.08. The molecule has 1 aliphatic heterocycles. The van der Waals surface area contributed by atoms with Crippen molar-refractivity contribution < 1.29 is 14.3 Å². The van der Waals surface area contributed by atoms with Gasteiger partial charge in [-0.1, -0.05) is 11.6 Å². The fraction of sp³-hybridized carbons (Fsp3) is 0.0556. The Morgan fingerprint density at radius 1 is 1.07 bits per heavy atom. The van der Waals surface area contributed by atoms with Crippen LogP contribution in [0.15, 0.2) is 58.3 Å². The van der Waals surface area contributed by atoms with Crippen molar-refractivity contribution in [1.82, 2.24) is 9.55 Å². The quantitative estimate of drug-likeness (QED) is 0.719. The van der Waals surface area contributed by atoms with Gasteiger partial charge in [0.05, 0.1) is 5.69 Å². The summed E-state index contributed by atoms with van der Waals surface area (Å²) >= 11 is 5.83. The van der Waals surface area contributed by atoms with E-state index in [4.69, 9.17) is 21.1 Å². The van der Waals surface area contributed by atoms with E-state index in [-0.39, 0.29) is 12.4 Å². The Labute approximate surface area is 156 Å². The molecule has 0 spiro atoms. The predicted octanol–water partition coefficient (Wildman–Crippen LogP) is 2.16. The molecule has 4 rings (SSSR count). The van der Waals surface area contributed by atoms with Gasteiger partial charge in [0, 0.05) is 23.0 Å². The van der Waals surface area contributed by atoms with Crippen LogP contribution >= 0.6 is 11.6 Å². The predicted molar refractivity (Wildman–Crippen MR) is 98.2 cm³/mol. The normalized spacial score (nSPS) is 12.0. The summed E-state index contributed by atoms with van der Waals surface area (Å²) in [5.74, 6) is 0.396. The number of amides is 1. The number of rotatable bonds is 3. The van der Waals surface area contributed by atoms with Crippen LogP contribution in [0.4, 0.5) is 5.69 Å². The van der Waals surface area contributed by atoms with Crippen LogP contribution < -0.4 is 26.0 Å². The molecule has 2 heterocycles. The number of nitrogens with one attached hydrogen (secondary N) is 2. The number of aromatic amines is 1. The second kappa shape index (κ2) is 6.65. The maximum atomic E-state index is 12.7. The van der Waals surface area contributed by atoms with Gasteiger partial charge in [0.2, 0.25) is 6.79 Å². The first-order valence-electron chi connectivity index (χ1n) is 7.84. The van der Waals surface area contributed by atoms with Gasteiger partial charge in [-0.15, -0.1) is 0 Å². The monoisotopic (exact) mass is 385 g/mol. The molecular weight excluding hydrogens is 374 g/mol. The Morgan fingerprint density at radius 3 is 2.59 bits per heavy atom. The zero-order chi connectivity index (χ0) is 19.0. The van der Waals surface area contributed by atoms with Gasteiger partial charge < -0.3 is 19.8 Å². The minimum atomic E-state index is -0.751. The van der Waals surface area contributed by atoms with Gasteiger partial charge in [0.25, 0.3) is 11.5 Å². The van der Waals surface area contributed by atoms with Gasteiger partial charge in [-0.2, -0.15) is 0 Å². The molecule has 9 heteroatoms. The van der Waals surface area contributed by atoms with E-state index in [0.717, 1.165) is 10.8 Å². The summed E-state index contributed by atoms with van der Waals surface area (Å²) in [6, 6.07) is 11.0. The van der Waals surface area contributed by atoms with Crippen LogP contribution in [0.5, 0.6) is 11.5 Å². The third kappa shape index (κ3) is 3.18. The van der Waals surface area contributed by atoms with Gasteiger partial charge in [-0.3, -0.25) is 9.59 Å². The largest absolute Gasteiger partial charge is 0.454 e. The topological polar surface area (TPSA) is 102 Å². The maximum Gasteiger partial charge on any atom is 0.333 e. The first-order chi connectivity index (χ1) is 13.0. The van der Waals surface area contributed by atoms with Gasteiger partial charge in [0.1, 0.15) is 5.56 Å². The smallest absolute Gasteiger partial charge is 0.333 e. The third-order valence-electron chi connectivity index (χ3n) is 3.94. The number of H-pyrrole nitrogens is 1. The van der Waals surface area contributed by atoms with Gasteiger partial charge >= 0.3 is 5.69 Å². The molecule has 0 saturated heterocycles. The molecule has 0 saturated carbocycles. The van der Waals surface area contributed by atoms with Crippen molar-refractivity contribution in [3.05, 3.63) is 80.1 Å². The molecule has 27 heavy (non-hydrogen) atoms. The van der Waals surface area contributed by atoms with Gasteiger partial charge in [-0.25, -0.2) is 9.36 Å². The standard InChI is InChI=1S/C18H12ClN3O5/c19-10-1-4-12(5-2-10)22-17(24)13(8-20-18(22)25)16(23)21-11-3-6-14-15(7-11)27-9-26-14/h1-8H,9H2,(H,20,25)(H,21,23). The van der Waals surface area contributed by atoms with Crippen molar-refractivity contribution in [3.8, 4) is 17.2 Å². The number of nitrogens with zero attached hydrogens (tertiary/aromatic N) is 1. The number of carbonyl (C=O) groups is 1. The van der Waals surface area contributed by atoms with Crippen LogP contribution in [0.25, 0.3) is 5.69 Å². The molecule has 3 aromatic rings. The van der Waals surface area contributed by atoms with E-state index in [1.54, 1.807) is 30.3 Å². The fourth-order valence-electron chi connectivity index (χ4n) is 2.63. The number of ether oxygens (including phenoxy) is 2. The maximum absolute atomic E-state index is 12.7. The summed E-state index contributed by atoms with van der Waals surface area (Å²) in [6.45, 7) is 0.110. The van der Waals surface area contributed by atoms with Crippen LogP contribution in [0.3, 0.4) is 0 Å². The molecule has 136 valence electrons. The first kappa shape index (κ1) is 16.9. The molecule has 8 nitrogen and oxygen atoms in total. The minimum Gasteiger partial charge on any atom is -0.454 e. The highest BCUT2D eigenvalue weighted by molar-refractivity contribution is 6.30. The fourth-order valence-corrected chi connectivity index (χ4v) is 2.76. The highest BCUT2D eigenvalue weighted by Gasteiger charge is 2.18. The number of hydrogen-bond acceptors (Lipinski definition) is 5. The van der Waals surface area contributed by atoms with E-state index in [1.807, 2.05) is 0 Å². The molecule has 0 bridgehead atoms. The number of halogens is 1. The lowest BCUT2D eigenvalue weighted by Crippen LogP contribution is -2.38. The Hall–Kier alpha value is -3.52. The molecule has 1 amide bonds. The molecule has 0 fully saturated rings. The second-order valence-electron chi connectivity index (χ2n) is 5.65. The SMILES string of the molecule is O=C(Nc1ccc2c(c1)OCO2)c1c[nH]c(=O)n(-c2ccc(Cl)cc2)c1=O. The van der Waals surface area contributed by atoms with Crippen LogP contribution in [-0.2, 0) is 0 Å². The summed E-state index contributed by atoms with van der Waals surface area (Å²) < 4.78 is 11.3. The summed E-state index contributed by atoms with van der Waals surface area (Å²) in [5, 5.41) is 3.06. The highest BCUT2D eigenvalue weighted by atomic mass is 35.5. The van der Waals surface area contributed by atoms with Crippen LogP contribution in [-0.4, -0.2) is 22.3 Å². The average Bonchev–Trinajstić information content (AvgIpc) is 3.11. The molecule has 2 aromatic carbocycles. The molecule has 1 aromatic heterocycles. The van der Waals surface area contributed by atoms with E-state index in [1.165, 1.54) is 12.1 Å². The van der Waals surface area contributed by atoms with Crippen LogP contribution in [0.1, 0.15) is 10.4 Å². The van der Waals surface area contributed by atoms with E-state index >= 15 is 0 Å². The summed E-state index contributed by atoms with van der Waals surface area (Å²) in [5.41, 5.74) is -0.917. The Kier molecular flexibility index (Phi) is 4.17. The van der Waals surface area contributed by atoms with Gasteiger partial charge in [0.15, 0.2) is 11.5 Å². The lowest BCUT2D eigenvalue weighted by atomic mass is 10.2. The Morgan fingerprint density at radius 2 is 1.81 bits per heavy atom. The van der Waals surface area contributed by atoms with E-state index < -0.39 is 17.2 Å². The lowest BCUT2D eigenvalue weighted by molar-refractivity contribution is 0.102. The van der Waals surface area contributed by atoms with Crippen LogP contribution in [0.2, 0.25) is 5.02 Å². The Balaban J connectivity index is 1.68. The molecular formula is C18H12ClN3O5.